The number of hydrogen-bond acceptors (Lipinski definition) is 0. The summed E-state index contributed by atoms with van der Waals surface area (Å²) < 4.78 is 0. The van der Waals surface area contributed by atoms with Gasteiger partial charge in [-0.2, -0.15) is 0 Å². The molecule has 15 rings (SSSR count). The Bertz CT molecular complexity index is 4580. The van der Waals surface area contributed by atoms with Crippen LogP contribution in [0.2, 0.25) is 0 Å². The maximum Gasteiger partial charge on any atom is -0.00141 e. The Kier molecular flexibility index (Phi) is 11.3. The average Bonchev–Trinajstić information content (AvgIpc) is 3.54. The number of fused-ring (bicyclic) bond motifs is 8. The van der Waals surface area contributed by atoms with Gasteiger partial charge in [-0.3, -0.25) is 0 Å². The summed E-state index contributed by atoms with van der Waals surface area (Å²) in [4.78, 5) is 0. The Balaban J connectivity index is 0.000000152. The molecule has 0 amide bonds. The lowest BCUT2D eigenvalue weighted by molar-refractivity contribution is 1.62. The highest BCUT2D eigenvalue weighted by Crippen LogP contribution is 2.47. The summed E-state index contributed by atoms with van der Waals surface area (Å²) in [5.41, 5.74) is 15.1. The minimum absolute atomic E-state index is 1.23. The van der Waals surface area contributed by atoms with Crippen molar-refractivity contribution >= 4 is 75.4 Å². The first-order valence-corrected chi connectivity index (χ1v) is 26.3. The van der Waals surface area contributed by atoms with Crippen LogP contribution in [0.15, 0.2) is 303 Å². The molecule has 354 valence electrons. The molecule has 0 saturated carbocycles. The van der Waals surface area contributed by atoms with Crippen molar-refractivity contribution in [3.05, 3.63) is 303 Å². The zero-order chi connectivity index (χ0) is 50.4. The highest BCUT2D eigenvalue weighted by Gasteiger charge is 2.20. The van der Waals surface area contributed by atoms with E-state index in [2.05, 4.69) is 303 Å². The average molecular weight is 963 g/mol. The Morgan fingerprint density at radius 2 is 0.487 bits per heavy atom. The Morgan fingerprint density at radius 3 is 1.04 bits per heavy atom. The Hall–Kier alpha value is -9.88. The van der Waals surface area contributed by atoms with Crippen LogP contribution in [0.25, 0.3) is 142 Å². The van der Waals surface area contributed by atoms with Crippen molar-refractivity contribution in [3.63, 3.8) is 0 Å². The van der Waals surface area contributed by atoms with E-state index in [1.807, 2.05) is 0 Å². The molecule has 0 nitrogen and oxygen atoms in total. The third-order valence-electron chi connectivity index (χ3n) is 15.5. The molecule has 0 heterocycles. The monoisotopic (exact) mass is 962 g/mol. The maximum absolute atomic E-state index is 2.30. The zero-order valence-corrected chi connectivity index (χ0v) is 41.9. The molecule has 0 radical (unpaired) electrons. The van der Waals surface area contributed by atoms with Gasteiger partial charge >= 0.3 is 0 Å². The lowest BCUT2D eigenvalue weighted by atomic mass is 9.84. The molecule has 0 aliphatic carbocycles. The van der Waals surface area contributed by atoms with Gasteiger partial charge in [0, 0.05) is 0 Å². The van der Waals surface area contributed by atoms with Gasteiger partial charge in [-0.1, -0.05) is 297 Å². The van der Waals surface area contributed by atoms with Gasteiger partial charge in [-0.05, 0) is 148 Å². The van der Waals surface area contributed by atoms with E-state index in [1.165, 1.54) is 142 Å². The summed E-state index contributed by atoms with van der Waals surface area (Å²) in [6, 6.07) is 110. The highest BCUT2D eigenvalue weighted by atomic mass is 14.2. The molecule has 0 bridgehead atoms. The van der Waals surface area contributed by atoms with Crippen molar-refractivity contribution in [2.75, 3.05) is 0 Å². The van der Waals surface area contributed by atoms with Crippen LogP contribution in [-0.4, -0.2) is 0 Å². The van der Waals surface area contributed by atoms with Gasteiger partial charge in [0.2, 0.25) is 0 Å². The molecule has 15 aromatic carbocycles. The molecule has 0 aliphatic heterocycles. The standard InChI is InChI=1S/C46H30.C30H20/c1-2-12-37-30-38(29-22-31(37)10-1)32-20-25-35(26-21-32)45-41-15-5-7-17-43(41)46(44-18-8-6-16-42(44)45)36-27-23-34(24-28-36)40-19-9-13-33-11-3-4-14-39(33)40;1-3-12-22(13-4-1)28-25-17-9-10-18-26(25)29(23-14-5-2-6-15-23)30-24-16-8-7-11-21(24)19-20-27(28)30/h1-30H;1-20H. The Morgan fingerprint density at radius 1 is 0.145 bits per heavy atom. The second-order valence-corrected chi connectivity index (χ2v) is 19.8. The van der Waals surface area contributed by atoms with E-state index in [0.29, 0.717) is 0 Å². The molecule has 0 fully saturated rings. The van der Waals surface area contributed by atoms with Crippen molar-refractivity contribution < 1.29 is 0 Å². The Labute approximate surface area is 443 Å². The number of benzene rings is 15. The van der Waals surface area contributed by atoms with Crippen molar-refractivity contribution in [1.82, 2.24) is 0 Å². The minimum Gasteiger partial charge on any atom is -0.0622 e. The molecule has 0 aliphatic rings. The summed E-state index contributed by atoms with van der Waals surface area (Å²) in [6.45, 7) is 0. The van der Waals surface area contributed by atoms with Crippen molar-refractivity contribution in [2.45, 2.75) is 0 Å². The molecule has 15 aromatic rings. The molecule has 0 heteroatoms. The van der Waals surface area contributed by atoms with Crippen LogP contribution in [0.1, 0.15) is 0 Å². The molecular formula is C76H50. The molecule has 0 aromatic heterocycles. The predicted molar refractivity (Wildman–Crippen MR) is 328 cm³/mol. The highest BCUT2D eigenvalue weighted by molar-refractivity contribution is 6.28. The van der Waals surface area contributed by atoms with Gasteiger partial charge in [0.15, 0.2) is 0 Å². The summed E-state index contributed by atoms with van der Waals surface area (Å²) in [7, 11) is 0. The largest absolute Gasteiger partial charge is 0.0622 e. The summed E-state index contributed by atoms with van der Waals surface area (Å²) in [5.74, 6) is 0. The molecule has 0 atom stereocenters. The van der Waals surface area contributed by atoms with Crippen LogP contribution in [0, 0.1) is 0 Å². The van der Waals surface area contributed by atoms with Crippen LogP contribution in [0.3, 0.4) is 0 Å². The van der Waals surface area contributed by atoms with Gasteiger partial charge < -0.3 is 0 Å². The van der Waals surface area contributed by atoms with Gasteiger partial charge in [0.05, 0.1) is 0 Å². The van der Waals surface area contributed by atoms with Crippen molar-refractivity contribution in [1.29, 1.82) is 0 Å². The van der Waals surface area contributed by atoms with E-state index in [9.17, 15) is 0 Å². The van der Waals surface area contributed by atoms with Gasteiger partial charge in [0.1, 0.15) is 0 Å². The van der Waals surface area contributed by atoms with E-state index in [4.69, 9.17) is 0 Å². The number of rotatable bonds is 6. The van der Waals surface area contributed by atoms with Crippen LogP contribution < -0.4 is 0 Å². The second kappa shape index (κ2) is 19.2. The second-order valence-electron chi connectivity index (χ2n) is 19.8. The fourth-order valence-electron chi connectivity index (χ4n) is 12.0. The number of hydrogen-bond donors (Lipinski definition) is 0. The first kappa shape index (κ1) is 44.8. The minimum atomic E-state index is 1.23. The van der Waals surface area contributed by atoms with Crippen molar-refractivity contribution in [2.24, 2.45) is 0 Å². The van der Waals surface area contributed by atoms with E-state index in [0.717, 1.165) is 0 Å². The van der Waals surface area contributed by atoms with Crippen LogP contribution in [-0.2, 0) is 0 Å². The third kappa shape index (κ3) is 7.87. The molecule has 0 N–H and O–H groups in total. The molecule has 0 spiro atoms. The molecule has 76 heavy (non-hydrogen) atoms. The summed E-state index contributed by atoms with van der Waals surface area (Å²) >= 11 is 0. The fourth-order valence-corrected chi connectivity index (χ4v) is 12.0. The normalized spacial score (nSPS) is 11.4. The fraction of sp³-hybridized carbons (Fsp3) is 0. The molecule has 0 saturated heterocycles. The zero-order valence-electron chi connectivity index (χ0n) is 41.9. The van der Waals surface area contributed by atoms with Gasteiger partial charge in [-0.25, -0.2) is 0 Å². The van der Waals surface area contributed by atoms with E-state index in [1.54, 1.807) is 0 Å². The van der Waals surface area contributed by atoms with Crippen molar-refractivity contribution in [3.8, 4) is 66.8 Å². The predicted octanol–water partition coefficient (Wildman–Crippen LogP) is 21.4. The first-order chi connectivity index (χ1) is 37.7. The lowest BCUT2D eigenvalue weighted by Crippen LogP contribution is -1.91. The van der Waals surface area contributed by atoms with E-state index in [-0.39, 0.29) is 0 Å². The van der Waals surface area contributed by atoms with Crippen LogP contribution >= 0.6 is 0 Å². The lowest BCUT2D eigenvalue weighted by Gasteiger charge is -2.19. The SMILES string of the molecule is c1ccc(-c2c3ccccc3c(-c3ccccc3)c3c2ccc2ccccc23)cc1.c1ccc2cc(-c3ccc(-c4c5ccccc5c(-c5ccc(-c6cccc7ccccc67)cc5)c5ccccc45)cc3)ccc2c1. The van der Waals surface area contributed by atoms with E-state index >= 15 is 0 Å². The van der Waals surface area contributed by atoms with Crippen LogP contribution in [0.4, 0.5) is 0 Å². The first-order valence-electron chi connectivity index (χ1n) is 26.3. The van der Waals surface area contributed by atoms with E-state index < -0.39 is 0 Å². The van der Waals surface area contributed by atoms with Gasteiger partial charge in [0.25, 0.3) is 0 Å². The maximum atomic E-state index is 2.30. The summed E-state index contributed by atoms with van der Waals surface area (Å²) in [6.07, 6.45) is 0. The quantitative estimate of drug-likeness (QED) is 0.115. The molecular weight excluding hydrogens is 913 g/mol. The van der Waals surface area contributed by atoms with Gasteiger partial charge in [-0.15, -0.1) is 0 Å². The van der Waals surface area contributed by atoms with Crippen LogP contribution in [0.5, 0.6) is 0 Å². The molecule has 0 unspecified atom stereocenters. The topological polar surface area (TPSA) is 0 Å². The third-order valence-corrected chi connectivity index (χ3v) is 15.5. The smallest absolute Gasteiger partial charge is 0.00141 e. The summed E-state index contributed by atoms with van der Waals surface area (Å²) in [5, 5.41) is 18.0.